The molecule has 150 valence electrons. The summed E-state index contributed by atoms with van der Waals surface area (Å²) in [5.41, 5.74) is 0. The number of aliphatic hydroxyl groups is 1. The fraction of sp³-hybridized carbons (Fsp3) is 0.842. The predicted molar refractivity (Wildman–Crippen MR) is 94.2 cm³/mol. The van der Waals surface area contributed by atoms with Crippen molar-refractivity contribution in [3.8, 4) is 0 Å². The predicted octanol–water partition coefficient (Wildman–Crippen LogP) is 1.74. The Bertz CT molecular complexity index is 502. The molecule has 0 amide bonds. The van der Waals surface area contributed by atoms with E-state index in [1.165, 1.54) is 14.0 Å². The van der Waals surface area contributed by atoms with Gasteiger partial charge in [0.2, 0.25) is 0 Å². The Hall–Kier alpha value is -1.47. The van der Waals surface area contributed by atoms with Crippen molar-refractivity contribution in [1.82, 2.24) is 0 Å². The van der Waals surface area contributed by atoms with Crippen LogP contribution in [0, 0.1) is 23.7 Å². The van der Waals surface area contributed by atoms with Crippen molar-refractivity contribution in [2.24, 2.45) is 23.7 Å². The number of carbonyl (C=O) groups excluding carboxylic acids is 3. The van der Waals surface area contributed by atoms with Gasteiger partial charge < -0.3 is 19.3 Å². The molecule has 26 heavy (non-hydrogen) atoms. The van der Waals surface area contributed by atoms with E-state index in [2.05, 4.69) is 0 Å². The van der Waals surface area contributed by atoms with Crippen LogP contribution in [-0.2, 0) is 28.6 Å². The van der Waals surface area contributed by atoms with Crippen LogP contribution in [0.3, 0.4) is 0 Å². The van der Waals surface area contributed by atoms with Gasteiger partial charge in [-0.1, -0.05) is 34.1 Å². The lowest BCUT2D eigenvalue weighted by Gasteiger charge is -2.45. The zero-order chi connectivity index (χ0) is 20.0. The Morgan fingerprint density at radius 1 is 1.15 bits per heavy atom. The first-order valence-corrected chi connectivity index (χ1v) is 9.21. The van der Waals surface area contributed by atoms with Crippen molar-refractivity contribution < 1.29 is 33.7 Å². The standard InChI is InChI=1S/C19H32O7/c1-7-11(4)8-14(22)26-18-15(10(2)3)19(25-12(5)21)17(24-6)13(9-20)16(18)23/h10-11,13,15,17-20H,7-9H2,1-6H3/t11-,13+,15-,17+,18+,19-/m1/s1. The van der Waals surface area contributed by atoms with Crippen LogP contribution < -0.4 is 0 Å². The lowest BCUT2D eigenvalue weighted by atomic mass is 9.70. The highest BCUT2D eigenvalue weighted by Gasteiger charge is 2.54. The Labute approximate surface area is 155 Å². The molecule has 1 aliphatic rings. The SMILES string of the molecule is CC[C@@H](C)CC(=O)O[C@@H]1C(=O)[C@H](CO)[C@H](OC)[C@H](OC(C)=O)[C@@H]1C(C)C. The summed E-state index contributed by atoms with van der Waals surface area (Å²) >= 11 is 0. The first kappa shape index (κ1) is 22.6. The lowest BCUT2D eigenvalue weighted by molar-refractivity contribution is -0.199. The van der Waals surface area contributed by atoms with Crippen molar-refractivity contribution in [3.05, 3.63) is 0 Å². The number of methoxy groups -OCH3 is 1. The van der Waals surface area contributed by atoms with E-state index in [1.54, 1.807) is 0 Å². The van der Waals surface area contributed by atoms with Gasteiger partial charge in [-0.2, -0.15) is 0 Å². The molecule has 0 radical (unpaired) electrons. The average Bonchev–Trinajstić information content (AvgIpc) is 2.56. The molecule has 1 rings (SSSR count). The zero-order valence-corrected chi connectivity index (χ0v) is 16.6. The highest BCUT2D eigenvalue weighted by Crippen LogP contribution is 2.37. The molecule has 7 heteroatoms. The third kappa shape index (κ3) is 5.27. The average molecular weight is 372 g/mol. The van der Waals surface area contributed by atoms with E-state index in [-0.39, 0.29) is 24.0 Å². The smallest absolute Gasteiger partial charge is 0.306 e. The van der Waals surface area contributed by atoms with Crippen molar-refractivity contribution in [3.63, 3.8) is 0 Å². The van der Waals surface area contributed by atoms with E-state index in [0.717, 1.165) is 6.42 Å². The van der Waals surface area contributed by atoms with Crippen LogP contribution in [0.4, 0.5) is 0 Å². The molecule has 0 aromatic rings. The molecule has 1 saturated carbocycles. The summed E-state index contributed by atoms with van der Waals surface area (Å²) in [5.74, 6) is -2.79. The van der Waals surface area contributed by atoms with Crippen LogP contribution in [0.1, 0.15) is 47.5 Å². The van der Waals surface area contributed by atoms with Gasteiger partial charge in [0.1, 0.15) is 12.2 Å². The van der Waals surface area contributed by atoms with Crippen LogP contribution in [0.2, 0.25) is 0 Å². The molecule has 0 aromatic carbocycles. The molecular formula is C19H32O7. The van der Waals surface area contributed by atoms with Gasteiger partial charge in [0, 0.05) is 26.4 Å². The number of esters is 2. The Balaban J connectivity index is 3.19. The Morgan fingerprint density at radius 3 is 2.19 bits per heavy atom. The molecular weight excluding hydrogens is 340 g/mol. The molecule has 0 aliphatic heterocycles. The third-order valence-electron chi connectivity index (χ3n) is 5.11. The van der Waals surface area contributed by atoms with E-state index >= 15 is 0 Å². The quantitative estimate of drug-likeness (QED) is 0.648. The fourth-order valence-electron chi connectivity index (χ4n) is 3.50. The number of hydrogen-bond donors (Lipinski definition) is 1. The van der Waals surface area contributed by atoms with E-state index in [1.807, 2.05) is 27.7 Å². The van der Waals surface area contributed by atoms with Gasteiger partial charge in [-0.25, -0.2) is 0 Å². The minimum atomic E-state index is -1.07. The van der Waals surface area contributed by atoms with E-state index < -0.39 is 48.7 Å². The van der Waals surface area contributed by atoms with Crippen molar-refractivity contribution in [2.75, 3.05) is 13.7 Å². The minimum absolute atomic E-state index is 0.109. The second kappa shape index (κ2) is 10.0. The van der Waals surface area contributed by atoms with Crippen molar-refractivity contribution >= 4 is 17.7 Å². The molecule has 1 aliphatic carbocycles. The summed E-state index contributed by atoms with van der Waals surface area (Å²) in [6.07, 6.45) is -1.61. The number of rotatable bonds is 8. The summed E-state index contributed by atoms with van der Waals surface area (Å²) in [4.78, 5) is 36.8. The molecule has 7 nitrogen and oxygen atoms in total. The van der Waals surface area contributed by atoms with Crippen molar-refractivity contribution in [2.45, 2.75) is 65.8 Å². The maximum Gasteiger partial charge on any atom is 0.306 e. The summed E-state index contributed by atoms with van der Waals surface area (Å²) in [6, 6.07) is 0. The number of ether oxygens (including phenoxy) is 3. The molecule has 0 spiro atoms. The molecule has 0 unspecified atom stereocenters. The number of Topliss-reactive ketones (excluding diaryl/α,β-unsaturated/α-hetero) is 1. The van der Waals surface area contributed by atoms with Crippen LogP contribution in [0.15, 0.2) is 0 Å². The second-order valence-corrected chi connectivity index (χ2v) is 7.42. The topological polar surface area (TPSA) is 99.1 Å². The fourth-order valence-corrected chi connectivity index (χ4v) is 3.50. The molecule has 0 bridgehead atoms. The van der Waals surface area contributed by atoms with Gasteiger partial charge >= 0.3 is 11.9 Å². The first-order valence-electron chi connectivity index (χ1n) is 9.21. The minimum Gasteiger partial charge on any atom is -0.459 e. The van der Waals surface area contributed by atoms with Crippen LogP contribution in [0.25, 0.3) is 0 Å². The lowest BCUT2D eigenvalue weighted by Crippen LogP contribution is -2.61. The number of hydrogen-bond acceptors (Lipinski definition) is 7. The van der Waals surface area contributed by atoms with Gasteiger partial charge in [0.25, 0.3) is 0 Å². The third-order valence-corrected chi connectivity index (χ3v) is 5.11. The van der Waals surface area contributed by atoms with Crippen LogP contribution >= 0.6 is 0 Å². The highest BCUT2D eigenvalue weighted by molar-refractivity contribution is 5.90. The molecule has 6 atom stereocenters. The number of aliphatic hydroxyl groups excluding tert-OH is 1. The molecule has 1 N–H and O–H groups in total. The normalized spacial score (nSPS) is 30.2. The van der Waals surface area contributed by atoms with E-state index in [9.17, 15) is 19.5 Å². The van der Waals surface area contributed by atoms with E-state index in [0.29, 0.717) is 0 Å². The summed E-state index contributed by atoms with van der Waals surface area (Å²) in [5, 5.41) is 9.69. The summed E-state index contributed by atoms with van der Waals surface area (Å²) in [6.45, 7) is 8.45. The first-order chi connectivity index (χ1) is 12.2. The Morgan fingerprint density at radius 2 is 1.77 bits per heavy atom. The number of carbonyl (C=O) groups is 3. The molecule has 1 fully saturated rings. The van der Waals surface area contributed by atoms with Gasteiger partial charge in [-0.3, -0.25) is 14.4 Å². The largest absolute Gasteiger partial charge is 0.459 e. The molecule has 0 aromatic heterocycles. The number of ketones is 1. The van der Waals surface area contributed by atoms with Gasteiger partial charge in [0.15, 0.2) is 11.9 Å². The summed E-state index contributed by atoms with van der Waals surface area (Å²) in [7, 11) is 1.41. The molecule has 0 heterocycles. The van der Waals surface area contributed by atoms with Gasteiger partial charge in [-0.15, -0.1) is 0 Å². The monoisotopic (exact) mass is 372 g/mol. The van der Waals surface area contributed by atoms with Crippen molar-refractivity contribution in [1.29, 1.82) is 0 Å². The zero-order valence-electron chi connectivity index (χ0n) is 16.6. The molecule has 0 saturated heterocycles. The Kier molecular flexibility index (Phi) is 8.70. The van der Waals surface area contributed by atoms with Crippen LogP contribution in [-0.4, -0.2) is 54.9 Å². The van der Waals surface area contributed by atoms with Crippen LogP contribution in [0.5, 0.6) is 0 Å². The van der Waals surface area contributed by atoms with Gasteiger partial charge in [0.05, 0.1) is 12.5 Å². The maximum atomic E-state index is 12.9. The van der Waals surface area contributed by atoms with E-state index in [4.69, 9.17) is 14.2 Å². The van der Waals surface area contributed by atoms with Gasteiger partial charge in [-0.05, 0) is 11.8 Å². The highest BCUT2D eigenvalue weighted by atomic mass is 16.6. The second-order valence-electron chi connectivity index (χ2n) is 7.42. The maximum absolute atomic E-state index is 12.9. The summed E-state index contributed by atoms with van der Waals surface area (Å²) < 4.78 is 16.4.